The predicted molar refractivity (Wildman–Crippen MR) is 76.9 cm³/mol. The van der Waals surface area contributed by atoms with Gasteiger partial charge in [0.2, 0.25) is 9.47 Å². The second-order valence-corrected chi connectivity index (χ2v) is 8.49. The van der Waals surface area contributed by atoms with E-state index in [9.17, 15) is 8.42 Å². The van der Waals surface area contributed by atoms with Crippen LogP contribution in [0.15, 0.2) is 21.9 Å². The van der Waals surface area contributed by atoms with Crippen LogP contribution in [-0.4, -0.2) is 25.2 Å². The average molecular weight is 318 g/mol. The SMILES string of the molecule is CC(C)(CNS(=O)(=O)c1nnc(N)s1)c1cccs1. The average Bonchev–Trinajstić information content (AvgIpc) is 2.97. The van der Waals surface area contributed by atoms with Crippen LogP contribution in [0, 0.1) is 0 Å². The van der Waals surface area contributed by atoms with Crippen LogP contribution in [0.3, 0.4) is 0 Å². The Bertz CT molecular complexity index is 646. The standard InChI is InChI=1S/C10H14N4O2S3/c1-10(2,7-4-3-5-17-7)6-12-19(15,16)9-14-13-8(11)18-9/h3-5,12H,6H2,1-2H3,(H2,11,13). The van der Waals surface area contributed by atoms with E-state index in [4.69, 9.17) is 5.73 Å². The molecule has 0 bridgehead atoms. The van der Waals surface area contributed by atoms with Gasteiger partial charge in [0.25, 0.3) is 10.0 Å². The molecule has 19 heavy (non-hydrogen) atoms. The Balaban J connectivity index is 2.10. The highest BCUT2D eigenvalue weighted by Crippen LogP contribution is 2.27. The number of aromatic nitrogens is 2. The maximum Gasteiger partial charge on any atom is 0.269 e. The Morgan fingerprint density at radius 2 is 2.16 bits per heavy atom. The monoisotopic (exact) mass is 318 g/mol. The highest BCUT2D eigenvalue weighted by atomic mass is 32.2. The molecule has 2 heterocycles. The maximum atomic E-state index is 12.0. The minimum absolute atomic E-state index is 0.105. The van der Waals surface area contributed by atoms with E-state index in [0.717, 1.165) is 16.2 Å². The number of nitrogens with one attached hydrogen (secondary N) is 1. The number of anilines is 1. The lowest BCUT2D eigenvalue weighted by Crippen LogP contribution is -2.36. The van der Waals surface area contributed by atoms with E-state index in [-0.39, 0.29) is 21.4 Å². The van der Waals surface area contributed by atoms with Crippen LogP contribution in [0.5, 0.6) is 0 Å². The Labute approximate surface area is 119 Å². The number of thiophene rings is 1. The van der Waals surface area contributed by atoms with Gasteiger partial charge >= 0.3 is 0 Å². The van der Waals surface area contributed by atoms with E-state index in [1.807, 2.05) is 31.4 Å². The lowest BCUT2D eigenvalue weighted by atomic mass is 9.92. The summed E-state index contributed by atoms with van der Waals surface area (Å²) in [5.74, 6) is 0. The van der Waals surface area contributed by atoms with Gasteiger partial charge < -0.3 is 5.73 Å². The smallest absolute Gasteiger partial charge is 0.269 e. The highest BCUT2D eigenvalue weighted by molar-refractivity contribution is 7.91. The van der Waals surface area contributed by atoms with Gasteiger partial charge in [-0.2, -0.15) is 0 Å². The van der Waals surface area contributed by atoms with Crippen molar-refractivity contribution in [2.45, 2.75) is 23.6 Å². The van der Waals surface area contributed by atoms with E-state index in [1.165, 1.54) is 0 Å². The molecule has 0 unspecified atom stereocenters. The van der Waals surface area contributed by atoms with Crippen LogP contribution < -0.4 is 10.5 Å². The summed E-state index contributed by atoms with van der Waals surface area (Å²) in [7, 11) is -3.64. The first-order chi connectivity index (χ1) is 8.81. The van der Waals surface area contributed by atoms with Crippen molar-refractivity contribution < 1.29 is 8.42 Å². The molecule has 0 aromatic carbocycles. The zero-order valence-corrected chi connectivity index (χ0v) is 12.9. The molecule has 2 aromatic rings. The molecule has 104 valence electrons. The molecule has 0 amide bonds. The largest absolute Gasteiger partial charge is 0.374 e. The van der Waals surface area contributed by atoms with Crippen LogP contribution in [0.4, 0.5) is 5.13 Å². The van der Waals surface area contributed by atoms with E-state index in [1.54, 1.807) is 11.3 Å². The lowest BCUT2D eigenvalue weighted by Gasteiger charge is -2.23. The third-order valence-electron chi connectivity index (χ3n) is 2.54. The molecule has 3 N–H and O–H groups in total. The Morgan fingerprint density at radius 1 is 1.42 bits per heavy atom. The second-order valence-electron chi connectivity index (χ2n) is 4.59. The van der Waals surface area contributed by atoms with Crippen LogP contribution in [0.1, 0.15) is 18.7 Å². The number of nitrogens with zero attached hydrogens (tertiary/aromatic N) is 2. The molecule has 0 aliphatic carbocycles. The molecule has 0 saturated heterocycles. The van der Waals surface area contributed by atoms with Gasteiger partial charge in [-0.15, -0.1) is 21.5 Å². The van der Waals surface area contributed by atoms with Gasteiger partial charge in [-0.25, -0.2) is 13.1 Å². The van der Waals surface area contributed by atoms with Crippen molar-refractivity contribution in [2.24, 2.45) is 0 Å². The van der Waals surface area contributed by atoms with Crippen molar-refractivity contribution in [3.05, 3.63) is 22.4 Å². The molecule has 0 aliphatic heterocycles. The summed E-state index contributed by atoms with van der Waals surface area (Å²) in [5.41, 5.74) is 5.11. The summed E-state index contributed by atoms with van der Waals surface area (Å²) in [6.07, 6.45) is 0. The van der Waals surface area contributed by atoms with E-state index in [2.05, 4.69) is 14.9 Å². The topological polar surface area (TPSA) is 98.0 Å². The second kappa shape index (κ2) is 5.16. The summed E-state index contributed by atoms with van der Waals surface area (Å²) < 4.78 is 26.5. The van der Waals surface area contributed by atoms with Crippen LogP contribution in [0.25, 0.3) is 0 Å². The molecule has 2 aromatic heterocycles. The Morgan fingerprint density at radius 3 is 2.68 bits per heavy atom. The first-order valence-corrected chi connectivity index (χ1v) is 8.62. The lowest BCUT2D eigenvalue weighted by molar-refractivity contribution is 0.508. The highest BCUT2D eigenvalue weighted by Gasteiger charge is 2.26. The normalized spacial score (nSPS) is 12.7. The molecule has 0 fully saturated rings. The first-order valence-electron chi connectivity index (χ1n) is 5.44. The molecule has 9 heteroatoms. The zero-order valence-electron chi connectivity index (χ0n) is 10.5. The third-order valence-corrected chi connectivity index (χ3v) is 6.30. The summed E-state index contributed by atoms with van der Waals surface area (Å²) >= 11 is 2.45. The summed E-state index contributed by atoms with van der Waals surface area (Å²) in [6.45, 7) is 4.25. The van der Waals surface area contributed by atoms with Crippen molar-refractivity contribution in [1.82, 2.24) is 14.9 Å². The van der Waals surface area contributed by atoms with Gasteiger partial charge in [-0.1, -0.05) is 31.3 Å². The summed E-state index contributed by atoms with van der Waals surface area (Å²) in [6, 6.07) is 3.93. The Hall–Kier alpha value is -1.03. The van der Waals surface area contributed by atoms with E-state index < -0.39 is 10.0 Å². The number of hydrogen-bond donors (Lipinski definition) is 2. The fourth-order valence-corrected chi connectivity index (χ4v) is 4.31. The molecule has 0 radical (unpaired) electrons. The molecule has 2 rings (SSSR count). The fraction of sp³-hybridized carbons (Fsp3) is 0.400. The quantitative estimate of drug-likeness (QED) is 0.869. The molecular formula is C10H14N4O2S3. The van der Waals surface area contributed by atoms with Gasteiger partial charge in [0, 0.05) is 16.8 Å². The van der Waals surface area contributed by atoms with Gasteiger partial charge in [0.05, 0.1) is 0 Å². The molecule has 0 atom stereocenters. The van der Waals surface area contributed by atoms with E-state index in [0.29, 0.717) is 0 Å². The molecule has 6 nitrogen and oxygen atoms in total. The molecular weight excluding hydrogens is 304 g/mol. The van der Waals surface area contributed by atoms with E-state index >= 15 is 0 Å². The molecule has 0 spiro atoms. The van der Waals surface area contributed by atoms with Crippen LogP contribution in [0.2, 0.25) is 0 Å². The zero-order chi connectivity index (χ0) is 14.1. The number of nitrogen functional groups attached to an aromatic ring is 1. The summed E-state index contributed by atoms with van der Waals surface area (Å²) in [5, 5.41) is 9.16. The number of nitrogens with two attached hydrogens (primary N) is 1. The van der Waals surface area contributed by atoms with Gasteiger partial charge in [0.15, 0.2) is 0 Å². The van der Waals surface area contributed by atoms with Gasteiger partial charge in [-0.05, 0) is 11.4 Å². The summed E-state index contributed by atoms with van der Waals surface area (Å²) in [4.78, 5) is 1.12. The van der Waals surface area contributed by atoms with Crippen molar-refractivity contribution >= 4 is 37.8 Å². The van der Waals surface area contributed by atoms with Gasteiger partial charge in [-0.3, -0.25) is 0 Å². The Kier molecular flexibility index (Phi) is 3.90. The maximum absolute atomic E-state index is 12.0. The van der Waals surface area contributed by atoms with Crippen molar-refractivity contribution in [3.8, 4) is 0 Å². The predicted octanol–water partition coefficient (Wildman–Crippen LogP) is 1.44. The number of rotatable bonds is 5. The minimum Gasteiger partial charge on any atom is -0.374 e. The minimum atomic E-state index is -3.64. The van der Waals surface area contributed by atoms with Gasteiger partial charge in [0.1, 0.15) is 0 Å². The van der Waals surface area contributed by atoms with Crippen LogP contribution >= 0.6 is 22.7 Å². The van der Waals surface area contributed by atoms with Crippen molar-refractivity contribution in [2.75, 3.05) is 12.3 Å². The van der Waals surface area contributed by atoms with Crippen molar-refractivity contribution in [3.63, 3.8) is 0 Å². The first kappa shape index (κ1) is 14.4. The number of hydrogen-bond acceptors (Lipinski definition) is 7. The molecule has 0 saturated carbocycles. The van der Waals surface area contributed by atoms with Crippen molar-refractivity contribution in [1.29, 1.82) is 0 Å². The third kappa shape index (κ3) is 3.30. The molecule has 0 aliphatic rings. The number of sulfonamides is 1. The fourth-order valence-electron chi connectivity index (χ4n) is 1.42. The van der Waals surface area contributed by atoms with Crippen LogP contribution in [-0.2, 0) is 15.4 Å².